The highest BCUT2D eigenvalue weighted by atomic mass is 79.9. The number of hydrogen-bond acceptors (Lipinski definition) is 6. The van der Waals surface area contributed by atoms with Crippen molar-refractivity contribution in [1.29, 1.82) is 0 Å². The van der Waals surface area contributed by atoms with Crippen LogP contribution in [0.3, 0.4) is 0 Å². The minimum atomic E-state index is -0.118. The highest BCUT2D eigenvalue weighted by Crippen LogP contribution is 2.32. The molecule has 0 N–H and O–H groups in total. The van der Waals surface area contributed by atoms with E-state index in [1.807, 2.05) is 42.5 Å². The molecule has 164 valence electrons. The van der Waals surface area contributed by atoms with Gasteiger partial charge in [-0.25, -0.2) is 0 Å². The molecule has 2 aromatic carbocycles. The summed E-state index contributed by atoms with van der Waals surface area (Å²) in [6.07, 6.45) is 4.54. The fraction of sp³-hybridized carbons (Fsp3) is 0.348. The summed E-state index contributed by atoms with van der Waals surface area (Å²) in [5.41, 5.74) is 1.82. The van der Waals surface area contributed by atoms with Gasteiger partial charge < -0.3 is 9.47 Å². The van der Waals surface area contributed by atoms with E-state index in [0.717, 1.165) is 40.6 Å². The Hall–Kier alpha value is -2.32. The lowest BCUT2D eigenvalue weighted by molar-refractivity contribution is -0.126. The third-order valence-corrected chi connectivity index (χ3v) is 6.60. The molecule has 0 unspecified atom stereocenters. The third-order valence-electron chi connectivity index (χ3n) is 4.87. The van der Waals surface area contributed by atoms with Gasteiger partial charge in [0.1, 0.15) is 11.5 Å². The maximum Gasteiger partial charge on any atom is 0.242 e. The molecular weight excluding hydrogens is 478 g/mol. The number of thioether (sulfide) groups is 1. The summed E-state index contributed by atoms with van der Waals surface area (Å²) in [6, 6.07) is 13.4. The number of nitrogens with zero attached hydrogens (tertiary/aromatic N) is 3. The average Bonchev–Trinajstić information content (AvgIpc) is 3.07. The molecular formula is C23H26BrN3O3S. The van der Waals surface area contributed by atoms with Gasteiger partial charge in [0, 0.05) is 10.0 Å². The van der Waals surface area contributed by atoms with Crippen LogP contribution in [0.2, 0.25) is 0 Å². The monoisotopic (exact) mass is 503 g/mol. The van der Waals surface area contributed by atoms with Crippen molar-refractivity contribution in [3.63, 3.8) is 0 Å². The molecule has 0 saturated carbocycles. The van der Waals surface area contributed by atoms with Gasteiger partial charge in [0.25, 0.3) is 0 Å². The minimum absolute atomic E-state index is 0.0863. The molecule has 0 radical (unpaired) electrons. The van der Waals surface area contributed by atoms with Crippen LogP contribution in [0.15, 0.2) is 57.1 Å². The van der Waals surface area contributed by atoms with Gasteiger partial charge in [-0.05, 0) is 42.3 Å². The molecule has 8 heteroatoms. The molecule has 3 rings (SSSR count). The van der Waals surface area contributed by atoms with Gasteiger partial charge in [0.2, 0.25) is 5.91 Å². The normalized spacial score (nSPS) is 17.7. The van der Waals surface area contributed by atoms with Crippen LogP contribution in [0, 0.1) is 0 Å². The third kappa shape index (κ3) is 6.11. The second-order valence-corrected chi connectivity index (χ2v) is 9.12. The molecule has 1 saturated heterocycles. The number of amidine groups is 1. The van der Waals surface area contributed by atoms with Crippen LogP contribution in [0.5, 0.6) is 11.5 Å². The maximum atomic E-state index is 13.0. The van der Waals surface area contributed by atoms with Crippen LogP contribution < -0.4 is 9.47 Å². The molecule has 1 aliphatic heterocycles. The molecule has 1 aliphatic rings. The minimum Gasteiger partial charge on any atom is -0.497 e. The van der Waals surface area contributed by atoms with E-state index in [-0.39, 0.29) is 11.2 Å². The number of carbonyl (C=O) groups is 1. The van der Waals surface area contributed by atoms with Gasteiger partial charge in [0.05, 0.1) is 32.2 Å². The van der Waals surface area contributed by atoms with E-state index in [4.69, 9.17) is 9.47 Å². The molecule has 1 fully saturated rings. The van der Waals surface area contributed by atoms with E-state index in [0.29, 0.717) is 17.5 Å². The molecule has 2 aromatic rings. The van der Waals surface area contributed by atoms with Crippen LogP contribution in [0.1, 0.15) is 37.3 Å². The molecule has 31 heavy (non-hydrogen) atoms. The largest absolute Gasteiger partial charge is 0.497 e. The average molecular weight is 504 g/mol. The second-order valence-electron chi connectivity index (χ2n) is 7.03. The Kier molecular flexibility index (Phi) is 8.54. The highest BCUT2D eigenvalue weighted by Gasteiger charge is 2.37. The van der Waals surface area contributed by atoms with Gasteiger partial charge in [0.15, 0.2) is 5.17 Å². The van der Waals surface area contributed by atoms with Crippen molar-refractivity contribution in [2.24, 2.45) is 10.2 Å². The Morgan fingerprint density at radius 2 is 1.94 bits per heavy atom. The maximum absolute atomic E-state index is 13.0. The zero-order valence-corrected chi connectivity index (χ0v) is 20.3. The summed E-state index contributed by atoms with van der Waals surface area (Å²) >= 11 is 4.95. The molecule has 0 aliphatic carbocycles. The molecule has 1 heterocycles. The Morgan fingerprint density at radius 3 is 2.61 bits per heavy atom. The van der Waals surface area contributed by atoms with E-state index in [2.05, 4.69) is 33.1 Å². The van der Waals surface area contributed by atoms with E-state index in [9.17, 15) is 4.79 Å². The summed E-state index contributed by atoms with van der Waals surface area (Å²) in [5, 5.41) is 9.17. The first-order valence-corrected chi connectivity index (χ1v) is 11.8. The second kappa shape index (κ2) is 11.3. The Bertz CT molecular complexity index is 963. The first-order chi connectivity index (χ1) is 15.0. The molecule has 1 atom stereocenters. The number of unbranched alkanes of at least 4 members (excludes halogenated alkanes) is 1. The topological polar surface area (TPSA) is 63.5 Å². The fourth-order valence-corrected chi connectivity index (χ4v) is 4.69. The smallest absolute Gasteiger partial charge is 0.242 e. The predicted molar refractivity (Wildman–Crippen MR) is 130 cm³/mol. The fourth-order valence-electron chi connectivity index (χ4n) is 3.16. The SMILES string of the molecule is CCCC[C@H]1S/C(=N\N=C/c2cc(Br)ccc2OC)N(Cc2ccc(OC)cc2)C1=O. The zero-order chi connectivity index (χ0) is 22.2. The van der Waals surface area contributed by atoms with Crippen molar-refractivity contribution in [3.8, 4) is 11.5 Å². The van der Waals surface area contributed by atoms with Crippen LogP contribution in [0.25, 0.3) is 0 Å². The first-order valence-electron chi connectivity index (χ1n) is 10.1. The number of amides is 1. The van der Waals surface area contributed by atoms with Crippen LogP contribution in [-0.2, 0) is 11.3 Å². The van der Waals surface area contributed by atoms with Gasteiger partial charge in [-0.2, -0.15) is 5.10 Å². The lowest BCUT2D eigenvalue weighted by Gasteiger charge is -2.16. The lowest BCUT2D eigenvalue weighted by Crippen LogP contribution is -2.31. The molecule has 6 nitrogen and oxygen atoms in total. The summed E-state index contributed by atoms with van der Waals surface area (Å²) in [5.74, 6) is 1.58. The number of methoxy groups -OCH3 is 2. The number of carbonyl (C=O) groups excluding carboxylic acids is 1. The highest BCUT2D eigenvalue weighted by molar-refractivity contribution is 9.10. The molecule has 0 spiro atoms. The number of benzene rings is 2. The predicted octanol–water partition coefficient (Wildman–Crippen LogP) is 5.49. The van der Waals surface area contributed by atoms with Crippen LogP contribution >= 0.6 is 27.7 Å². The number of hydrogen-bond donors (Lipinski definition) is 0. The summed E-state index contributed by atoms with van der Waals surface area (Å²) in [6.45, 7) is 2.58. The van der Waals surface area contributed by atoms with E-state index in [1.54, 1.807) is 25.3 Å². The van der Waals surface area contributed by atoms with Crippen molar-refractivity contribution >= 4 is 45.0 Å². The van der Waals surface area contributed by atoms with E-state index in [1.165, 1.54) is 11.8 Å². The number of ether oxygens (including phenoxy) is 2. The molecule has 0 bridgehead atoms. The van der Waals surface area contributed by atoms with E-state index < -0.39 is 0 Å². The van der Waals surface area contributed by atoms with Crippen molar-refractivity contribution in [1.82, 2.24) is 4.90 Å². The van der Waals surface area contributed by atoms with Crippen molar-refractivity contribution in [2.75, 3.05) is 14.2 Å². The summed E-state index contributed by atoms with van der Waals surface area (Å²) in [7, 11) is 3.25. The first kappa shape index (κ1) is 23.3. The van der Waals surface area contributed by atoms with Crippen molar-refractivity contribution < 1.29 is 14.3 Å². The summed E-state index contributed by atoms with van der Waals surface area (Å²) in [4.78, 5) is 14.8. The van der Waals surface area contributed by atoms with Gasteiger partial charge in [-0.3, -0.25) is 9.69 Å². The molecule has 1 amide bonds. The van der Waals surface area contributed by atoms with Crippen molar-refractivity contribution in [2.45, 2.75) is 38.0 Å². The Labute approximate surface area is 195 Å². The van der Waals surface area contributed by atoms with Gasteiger partial charge >= 0.3 is 0 Å². The quantitative estimate of drug-likeness (QED) is 0.335. The standard InChI is InChI=1S/C23H26BrN3O3S/c1-4-5-6-21-22(28)27(15-16-7-10-19(29-2)11-8-16)23(31-21)26-25-14-17-13-18(24)9-12-20(17)30-3/h7-14,21H,4-6,15H2,1-3H3/b25-14-,26-23-/t21-/m1/s1. The number of rotatable bonds is 9. The van der Waals surface area contributed by atoms with Gasteiger partial charge in [-0.1, -0.05) is 59.6 Å². The Balaban J connectivity index is 1.83. The van der Waals surface area contributed by atoms with Crippen LogP contribution in [-0.4, -0.2) is 41.7 Å². The van der Waals surface area contributed by atoms with Gasteiger partial charge in [-0.15, -0.1) is 5.10 Å². The Morgan fingerprint density at radius 1 is 1.16 bits per heavy atom. The number of halogens is 1. The summed E-state index contributed by atoms with van der Waals surface area (Å²) < 4.78 is 11.5. The van der Waals surface area contributed by atoms with Crippen molar-refractivity contribution in [3.05, 3.63) is 58.1 Å². The van der Waals surface area contributed by atoms with Crippen LogP contribution in [0.4, 0.5) is 0 Å². The molecule has 0 aromatic heterocycles. The zero-order valence-electron chi connectivity index (χ0n) is 17.9. The van der Waals surface area contributed by atoms with E-state index >= 15 is 0 Å². The lowest BCUT2D eigenvalue weighted by atomic mass is 10.1.